The summed E-state index contributed by atoms with van der Waals surface area (Å²) in [5, 5.41) is 0.903. The van der Waals surface area contributed by atoms with E-state index in [9.17, 15) is 0 Å². The van der Waals surface area contributed by atoms with Gasteiger partial charge >= 0.3 is 0 Å². The predicted molar refractivity (Wildman–Crippen MR) is 80.7 cm³/mol. The number of alkyl halides is 1. The minimum atomic E-state index is 0.397. The van der Waals surface area contributed by atoms with Gasteiger partial charge in [0.1, 0.15) is 0 Å². The van der Waals surface area contributed by atoms with Gasteiger partial charge in [0.05, 0.1) is 6.10 Å². The van der Waals surface area contributed by atoms with Crippen LogP contribution in [0.3, 0.4) is 0 Å². The van der Waals surface area contributed by atoms with Crippen LogP contribution in [0.5, 0.6) is 0 Å². The number of halogens is 1. The molecule has 0 aromatic heterocycles. The van der Waals surface area contributed by atoms with Crippen molar-refractivity contribution >= 4 is 21.6 Å². The van der Waals surface area contributed by atoms with Crippen LogP contribution in [0, 0.1) is 6.92 Å². The first-order chi connectivity index (χ1) is 8.70. The van der Waals surface area contributed by atoms with E-state index in [1.165, 1.54) is 36.1 Å². The number of likely N-dealkylation sites (N-methyl/N-ethyl adjacent to an activating group) is 1. The molecule has 0 spiro atoms. The van der Waals surface area contributed by atoms with Crippen molar-refractivity contribution < 1.29 is 4.74 Å². The molecule has 1 atom stereocenters. The molecular weight excluding hydrogens is 290 g/mol. The van der Waals surface area contributed by atoms with Crippen LogP contribution in [-0.4, -0.2) is 26.3 Å². The Bertz CT molecular complexity index is 388. The average molecular weight is 312 g/mol. The van der Waals surface area contributed by atoms with Gasteiger partial charge in [-0.05, 0) is 37.8 Å². The molecule has 0 radical (unpaired) electrons. The molecule has 3 heteroatoms. The zero-order valence-electron chi connectivity index (χ0n) is 11.3. The summed E-state index contributed by atoms with van der Waals surface area (Å²) < 4.78 is 5.81. The van der Waals surface area contributed by atoms with E-state index in [2.05, 4.69) is 53.0 Å². The van der Waals surface area contributed by atoms with Crippen LogP contribution < -0.4 is 4.90 Å². The molecule has 1 saturated heterocycles. The third-order valence-corrected chi connectivity index (χ3v) is 4.15. The Labute approximate surface area is 118 Å². The molecule has 1 aliphatic rings. The highest BCUT2D eigenvalue weighted by atomic mass is 79.9. The SMILES string of the molecule is Cc1ccc(N(C)CC2CCCCO2)c(CBr)c1. The Morgan fingerprint density at radius 1 is 1.39 bits per heavy atom. The topological polar surface area (TPSA) is 12.5 Å². The van der Waals surface area contributed by atoms with Crippen molar-refractivity contribution in [3.8, 4) is 0 Å². The molecule has 0 saturated carbocycles. The number of ether oxygens (including phenoxy) is 1. The fourth-order valence-electron chi connectivity index (χ4n) is 2.55. The van der Waals surface area contributed by atoms with Crippen LogP contribution in [0.1, 0.15) is 30.4 Å². The molecule has 1 aromatic carbocycles. The molecule has 1 fully saturated rings. The molecule has 18 heavy (non-hydrogen) atoms. The number of hydrogen-bond donors (Lipinski definition) is 0. The Kier molecular flexibility index (Phi) is 5.07. The summed E-state index contributed by atoms with van der Waals surface area (Å²) in [6.45, 7) is 4.06. The molecule has 0 bridgehead atoms. The maximum Gasteiger partial charge on any atom is 0.0749 e. The first-order valence-electron chi connectivity index (χ1n) is 6.69. The van der Waals surface area contributed by atoms with Gasteiger partial charge in [-0.25, -0.2) is 0 Å². The summed E-state index contributed by atoms with van der Waals surface area (Å²) in [6.07, 6.45) is 4.11. The summed E-state index contributed by atoms with van der Waals surface area (Å²) in [4.78, 5) is 2.33. The maximum absolute atomic E-state index is 5.81. The third kappa shape index (κ3) is 3.48. The van der Waals surface area contributed by atoms with Gasteiger partial charge in [0.15, 0.2) is 0 Å². The Balaban J connectivity index is 2.05. The number of benzene rings is 1. The lowest BCUT2D eigenvalue weighted by atomic mass is 10.1. The largest absolute Gasteiger partial charge is 0.376 e. The van der Waals surface area contributed by atoms with E-state index < -0.39 is 0 Å². The van der Waals surface area contributed by atoms with Gasteiger partial charge < -0.3 is 9.64 Å². The third-order valence-electron chi connectivity index (χ3n) is 3.54. The molecule has 1 aromatic rings. The molecule has 1 aliphatic heterocycles. The van der Waals surface area contributed by atoms with E-state index in [1.54, 1.807) is 0 Å². The van der Waals surface area contributed by atoms with Gasteiger partial charge in [-0.1, -0.05) is 33.6 Å². The van der Waals surface area contributed by atoms with Crippen molar-refractivity contribution in [3.05, 3.63) is 29.3 Å². The Morgan fingerprint density at radius 3 is 2.89 bits per heavy atom. The van der Waals surface area contributed by atoms with Gasteiger partial charge in [-0.2, -0.15) is 0 Å². The summed E-state index contributed by atoms with van der Waals surface area (Å²) in [5.74, 6) is 0. The highest BCUT2D eigenvalue weighted by Crippen LogP contribution is 2.24. The lowest BCUT2D eigenvalue weighted by molar-refractivity contribution is 0.0216. The fourth-order valence-corrected chi connectivity index (χ4v) is 3.00. The van der Waals surface area contributed by atoms with Crippen LogP contribution in [0.15, 0.2) is 18.2 Å². The molecule has 100 valence electrons. The molecule has 2 nitrogen and oxygen atoms in total. The van der Waals surface area contributed by atoms with Crippen molar-refractivity contribution in [2.45, 2.75) is 37.6 Å². The van der Waals surface area contributed by atoms with E-state index in [1.807, 2.05) is 0 Å². The van der Waals surface area contributed by atoms with Crippen molar-refractivity contribution in [1.82, 2.24) is 0 Å². The maximum atomic E-state index is 5.81. The van der Waals surface area contributed by atoms with E-state index in [0.717, 1.165) is 18.5 Å². The number of hydrogen-bond acceptors (Lipinski definition) is 2. The van der Waals surface area contributed by atoms with E-state index in [4.69, 9.17) is 4.74 Å². The second-order valence-corrected chi connectivity index (χ2v) is 5.70. The Hall–Kier alpha value is -0.540. The minimum Gasteiger partial charge on any atom is -0.376 e. The average Bonchev–Trinajstić information content (AvgIpc) is 2.39. The van der Waals surface area contributed by atoms with E-state index in [0.29, 0.717) is 6.10 Å². The quantitative estimate of drug-likeness (QED) is 0.782. The van der Waals surface area contributed by atoms with Crippen LogP contribution in [0.25, 0.3) is 0 Å². The second kappa shape index (κ2) is 6.58. The second-order valence-electron chi connectivity index (χ2n) is 5.13. The highest BCUT2D eigenvalue weighted by molar-refractivity contribution is 9.08. The van der Waals surface area contributed by atoms with Crippen molar-refractivity contribution in [3.63, 3.8) is 0 Å². The number of nitrogens with zero attached hydrogens (tertiary/aromatic N) is 1. The fraction of sp³-hybridized carbons (Fsp3) is 0.600. The summed E-state index contributed by atoms with van der Waals surface area (Å²) in [5.41, 5.74) is 3.98. The number of rotatable bonds is 4. The van der Waals surface area contributed by atoms with Crippen molar-refractivity contribution in [1.29, 1.82) is 0 Å². The van der Waals surface area contributed by atoms with Crippen LogP contribution in [-0.2, 0) is 10.1 Å². The number of anilines is 1. The Morgan fingerprint density at radius 2 is 2.22 bits per heavy atom. The van der Waals surface area contributed by atoms with Crippen molar-refractivity contribution in [2.75, 3.05) is 25.1 Å². The van der Waals surface area contributed by atoms with Gasteiger partial charge in [0.25, 0.3) is 0 Å². The number of aryl methyl sites for hydroxylation is 1. The monoisotopic (exact) mass is 311 g/mol. The van der Waals surface area contributed by atoms with Gasteiger partial charge in [0.2, 0.25) is 0 Å². The first-order valence-corrected chi connectivity index (χ1v) is 7.81. The lowest BCUT2D eigenvalue weighted by Crippen LogP contribution is -2.33. The zero-order chi connectivity index (χ0) is 13.0. The van der Waals surface area contributed by atoms with Crippen LogP contribution in [0.4, 0.5) is 5.69 Å². The molecule has 0 aliphatic carbocycles. The van der Waals surface area contributed by atoms with Crippen LogP contribution in [0.2, 0.25) is 0 Å². The zero-order valence-corrected chi connectivity index (χ0v) is 12.9. The molecular formula is C15H22BrNO. The minimum absolute atomic E-state index is 0.397. The smallest absolute Gasteiger partial charge is 0.0749 e. The first kappa shape index (κ1) is 13.9. The van der Waals surface area contributed by atoms with E-state index >= 15 is 0 Å². The molecule has 1 heterocycles. The van der Waals surface area contributed by atoms with Gasteiger partial charge in [0, 0.05) is 31.2 Å². The van der Waals surface area contributed by atoms with Gasteiger partial charge in [-0.15, -0.1) is 0 Å². The lowest BCUT2D eigenvalue weighted by Gasteiger charge is -2.29. The van der Waals surface area contributed by atoms with Crippen LogP contribution >= 0.6 is 15.9 Å². The normalized spacial score (nSPS) is 19.8. The van der Waals surface area contributed by atoms with E-state index in [-0.39, 0.29) is 0 Å². The molecule has 0 amide bonds. The standard InChI is InChI=1S/C15H22BrNO/c1-12-6-7-15(13(9-12)10-16)17(2)11-14-5-3-4-8-18-14/h6-7,9,14H,3-5,8,10-11H2,1-2H3. The summed E-state index contributed by atoms with van der Waals surface area (Å²) in [6, 6.07) is 6.65. The van der Waals surface area contributed by atoms with Crippen molar-refractivity contribution in [2.24, 2.45) is 0 Å². The molecule has 2 rings (SSSR count). The summed E-state index contributed by atoms with van der Waals surface area (Å²) >= 11 is 3.58. The summed E-state index contributed by atoms with van der Waals surface area (Å²) in [7, 11) is 2.16. The predicted octanol–water partition coefficient (Wildman–Crippen LogP) is 3.90. The van der Waals surface area contributed by atoms with Gasteiger partial charge in [-0.3, -0.25) is 0 Å². The molecule has 1 unspecified atom stereocenters. The highest BCUT2D eigenvalue weighted by Gasteiger charge is 2.17. The molecule has 0 N–H and O–H groups in total.